The van der Waals surface area contributed by atoms with Crippen LogP contribution in [0.4, 0.5) is 4.39 Å². The van der Waals surface area contributed by atoms with Gasteiger partial charge in [0.15, 0.2) is 0 Å². The summed E-state index contributed by atoms with van der Waals surface area (Å²) in [6.45, 7) is 7.54. The Balaban J connectivity index is 1.69. The molecule has 0 N–H and O–H groups in total. The van der Waals surface area contributed by atoms with Crippen molar-refractivity contribution < 1.29 is 4.39 Å². The maximum Gasteiger partial charge on any atom is 0.121 e. The van der Waals surface area contributed by atoms with Crippen LogP contribution in [0.25, 0.3) is 0 Å². The van der Waals surface area contributed by atoms with Crippen LogP contribution in [-0.2, 0) is 0 Å². The average molecular weight is 194 g/mol. The highest BCUT2D eigenvalue weighted by atomic mass is 28.3. The van der Waals surface area contributed by atoms with E-state index in [1.54, 1.807) is 0 Å². The fourth-order valence-electron chi connectivity index (χ4n) is 6.90. The normalized spacial score (nSPS) is 84.0. The average Bonchev–Trinajstić information content (AvgIpc) is 2.02. The maximum absolute atomic E-state index is 14.0. The third kappa shape index (κ3) is 0.262. The molecular weight excluding hydrogens is 179 g/mol. The first-order valence-corrected chi connectivity index (χ1v) is 9.17. The maximum atomic E-state index is 14.0. The molecule has 0 atom stereocenters. The molecule has 0 spiro atoms. The Morgan fingerprint density at radius 3 is 1.54 bits per heavy atom. The fourth-order valence-corrected chi connectivity index (χ4v) is 11.0. The van der Waals surface area contributed by atoms with Gasteiger partial charge in [-0.15, -0.1) is 0 Å². The highest BCUT2D eigenvalue weighted by Crippen LogP contribution is 3.12. The van der Waals surface area contributed by atoms with Gasteiger partial charge in [0.25, 0.3) is 0 Å². The summed E-state index contributed by atoms with van der Waals surface area (Å²) in [6.07, 6.45) is 0. The van der Waals surface area contributed by atoms with E-state index in [1.165, 1.54) is 0 Å². The molecule has 0 nitrogen and oxygen atoms in total. The van der Waals surface area contributed by atoms with Crippen LogP contribution in [0.3, 0.4) is 0 Å². The van der Waals surface area contributed by atoms with E-state index in [0.29, 0.717) is 17.8 Å². The molecule has 0 aromatic heterocycles. The molecule has 0 aliphatic heterocycles. The van der Waals surface area contributed by atoms with E-state index in [0.717, 1.165) is 22.8 Å². The standard InChI is InChI=1S/C11H15FSi/c1-13(2,3)11-7-4-8(11)6-9(11)5(7)10(4,6)12/h4-9H,1-3H3. The lowest BCUT2D eigenvalue weighted by atomic mass is 8.99. The molecule has 0 amide bonds. The first-order valence-electron chi connectivity index (χ1n) is 5.67. The lowest BCUT2D eigenvalue weighted by molar-refractivity contribution is -0.596. The van der Waals surface area contributed by atoms with E-state index >= 15 is 0 Å². The molecule has 2 heteroatoms. The van der Waals surface area contributed by atoms with Crippen LogP contribution in [0, 0.1) is 35.5 Å². The largest absolute Gasteiger partial charge is 0.243 e. The SMILES string of the molecule is C[Si](C)(C)C12C3C4C1C1C2C3C41F. The highest BCUT2D eigenvalue weighted by Gasteiger charge is 3.12. The molecule has 0 heterocycles. The smallest absolute Gasteiger partial charge is 0.121 e. The minimum Gasteiger partial charge on any atom is -0.243 e. The van der Waals surface area contributed by atoms with E-state index in [2.05, 4.69) is 19.6 Å². The quantitative estimate of drug-likeness (QED) is 0.563. The van der Waals surface area contributed by atoms with E-state index in [9.17, 15) is 4.39 Å². The molecule has 0 saturated heterocycles. The number of alkyl halides is 1. The van der Waals surface area contributed by atoms with Gasteiger partial charge in [0.1, 0.15) is 5.67 Å². The monoisotopic (exact) mass is 194 g/mol. The van der Waals surface area contributed by atoms with Crippen molar-refractivity contribution in [2.45, 2.75) is 30.3 Å². The molecule has 6 aliphatic carbocycles. The number of hydrogen-bond acceptors (Lipinski definition) is 0. The van der Waals surface area contributed by atoms with Crippen molar-refractivity contribution in [3.05, 3.63) is 0 Å². The molecule has 6 saturated carbocycles. The summed E-state index contributed by atoms with van der Waals surface area (Å²) < 4.78 is 14.0. The third-order valence-corrected chi connectivity index (χ3v) is 10.4. The Morgan fingerprint density at radius 2 is 1.23 bits per heavy atom. The summed E-state index contributed by atoms with van der Waals surface area (Å²) in [7, 11) is -0.982. The molecule has 6 aliphatic rings. The zero-order valence-electron chi connectivity index (χ0n) is 8.34. The van der Waals surface area contributed by atoms with Crippen molar-refractivity contribution in [1.29, 1.82) is 0 Å². The Kier molecular flexibility index (Phi) is 0.586. The predicted octanol–water partition coefficient (Wildman–Crippen LogP) is 2.54. The minimum atomic E-state index is -0.982. The molecule has 0 unspecified atom stereocenters. The Labute approximate surface area is 78.9 Å². The van der Waals surface area contributed by atoms with E-state index in [1.807, 2.05) is 0 Å². The predicted molar refractivity (Wildman–Crippen MR) is 50.8 cm³/mol. The molecule has 0 aromatic carbocycles. The van der Waals surface area contributed by atoms with Crippen LogP contribution in [0.5, 0.6) is 0 Å². The zero-order valence-corrected chi connectivity index (χ0v) is 9.34. The molecular formula is C11H15FSi. The van der Waals surface area contributed by atoms with Gasteiger partial charge < -0.3 is 0 Å². The van der Waals surface area contributed by atoms with Crippen molar-refractivity contribution in [2.75, 3.05) is 0 Å². The summed E-state index contributed by atoms with van der Waals surface area (Å²) in [4.78, 5) is 0. The van der Waals surface area contributed by atoms with Crippen LogP contribution < -0.4 is 0 Å². The Bertz CT molecular complexity index is 313. The molecule has 6 fully saturated rings. The molecule has 0 radical (unpaired) electrons. The van der Waals surface area contributed by atoms with Gasteiger partial charge in [-0.05, 0) is 22.8 Å². The number of hydrogen-bond donors (Lipinski definition) is 0. The fraction of sp³-hybridized carbons (Fsp3) is 1.00. The van der Waals surface area contributed by atoms with Crippen molar-refractivity contribution in [2.24, 2.45) is 35.5 Å². The van der Waals surface area contributed by atoms with Crippen molar-refractivity contribution in [3.63, 3.8) is 0 Å². The van der Waals surface area contributed by atoms with Crippen LogP contribution in [0.1, 0.15) is 0 Å². The van der Waals surface area contributed by atoms with E-state index in [-0.39, 0.29) is 0 Å². The van der Waals surface area contributed by atoms with E-state index < -0.39 is 13.7 Å². The lowest BCUT2D eigenvalue weighted by Gasteiger charge is -3.10. The molecule has 0 aromatic rings. The van der Waals surface area contributed by atoms with Crippen molar-refractivity contribution in [3.8, 4) is 0 Å². The summed E-state index contributed by atoms with van der Waals surface area (Å²) in [5.41, 5.74) is -0.568. The molecule has 13 heavy (non-hydrogen) atoms. The highest BCUT2D eigenvalue weighted by molar-refractivity contribution is 6.80. The van der Waals surface area contributed by atoms with Gasteiger partial charge >= 0.3 is 0 Å². The van der Waals surface area contributed by atoms with Gasteiger partial charge in [-0.2, -0.15) is 0 Å². The Hall–Kier alpha value is 0.147. The van der Waals surface area contributed by atoms with E-state index in [4.69, 9.17) is 0 Å². The number of halogens is 1. The number of rotatable bonds is 1. The Morgan fingerprint density at radius 1 is 0.846 bits per heavy atom. The van der Waals surface area contributed by atoms with Gasteiger partial charge in [-0.1, -0.05) is 19.6 Å². The van der Waals surface area contributed by atoms with Crippen LogP contribution >= 0.6 is 0 Å². The van der Waals surface area contributed by atoms with Gasteiger partial charge in [0.2, 0.25) is 0 Å². The molecule has 6 rings (SSSR count). The topological polar surface area (TPSA) is 0 Å². The first kappa shape index (κ1) is 6.60. The van der Waals surface area contributed by atoms with Crippen LogP contribution in [0.15, 0.2) is 0 Å². The minimum absolute atomic E-state index is 0.568. The second-order valence-electron chi connectivity index (χ2n) is 7.17. The van der Waals surface area contributed by atoms with Crippen molar-refractivity contribution in [1.82, 2.24) is 0 Å². The molecule has 70 valence electrons. The van der Waals surface area contributed by atoms with Crippen LogP contribution in [-0.4, -0.2) is 13.7 Å². The second kappa shape index (κ2) is 1.16. The third-order valence-electron chi connectivity index (χ3n) is 6.81. The van der Waals surface area contributed by atoms with Crippen molar-refractivity contribution >= 4 is 8.07 Å². The first-order chi connectivity index (χ1) is 5.98. The van der Waals surface area contributed by atoms with Gasteiger partial charge in [0.05, 0.1) is 8.07 Å². The summed E-state index contributed by atoms with van der Waals surface area (Å²) in [5.74, 6) is 4.43. The van der Waals surface area contributed by atoms with Gasteiger partial charge in [-0.25, -0.2) is 4.39 Å². The van der Waals surface area contributed by atoms with Gasteiger partial charge in [-0.3, -0.25) is 0 Å². The van der Waals surface area contributed by atoms with Gasteiger partial charge in [0, 0.05) is 17.8 Å². The lowest BCUT2D eigenvalue weighted by Crippen LogP contribution is -3.11. The summed E-state index contributed by atoms with van der Waals surface area (Å²) in [6, 6.07) is 0. The summed E-state index contributed by atoms with van der Waals surface area (Å²) >= 11 is 0. The second-order valence-corrected chi connectivity index (χ2v) is 12.5. The summed E-state index contributed by atoms with van der Waals surface area (Å²) in [5, 5.41) is 0.779. The zero-order chi connectivity index (χ0) is 8.96. The van der Waals surface area contributed by atoms with Crippen LogP contribution in [0.2, 0.25) is 24.7 Å². The molecule has 0 bridgehead atoms.